The highest BCUT2D eigenvalue weighted by Crippen LogP contribution is 2.29. The minimum absolute atomic E-state index is 0.160. The number of carbonyl (C=O) groups excluding carboxylic acids is 1. The number of benzene rings is 3. The van der Waals surface area contributed by atoms with Gasteiger partial charge in [0.15, 0.2) is 5.84 Å². The van der Waals surface area contributed by atoms with Crippen molar-refractivity contribution in [2.24, 2.45) is 9.98 Å². The summed E-state index contributed by atoms with van der Waals surface area (Å²) in [6, 6.07) is 27.9. The van der Waals surface area contributed by atoms with Crippen LogP contribution >= 0.6 is 0 Å². The van der Waals surface area contributed by atoms with E-state index in [0.717, 1.165) is 53.2 Å². The number of fused-ring (bicyclic) bond motifs is 1. The zero-order valence-electron chi connectivity index (χ0n) is 22.3. The van der Waals surface area contributed by atoms with Gasteiger partial charge in [0.25, 0.3) is 5.91 Å². The van der Waals surface area contributed by atoms with Gasteiger partial charge in [0, 0.05) is 18.2 Å². The average molecular weight is 519 g/mol. The van der Waals surface area contributed by atoms with Crippen LogP contribution in [0.3, 0.4) is 0 Å². The largest absolute Gasteiger partial charge is 0.494 e. The number of amides is 1. The van der Waals surface area contributed by atoms with E-state index in [1.54, 1.807) is 11.1 Å². The second-order valence-electron chi connectivity index (χ2n) is 9.68. The standard InChI is InChI=1S/C33H34N4O2/c1-34-19-10-2-3-11-20-39-28-18-12-15-26(21-28)23-30-33(38)37-24-31(27-16-8-5-9-17-27)35-29(32(37)36-30)22-25-13-6-4-7-14-25/h4-9,12-18,21,23-24,34H,2-3,10-11,19-20,22H2,1H3/b30-23-. The van der Waals surface area contributed by atoms with Gasteiger partial charge in [-0.3, -0.25) is 9.69 Å². The van der Waals surface area contributed by atoms with E-state index in [9.17, 15) is 4.79 Å². The van der Waals surface area contributed by atoms with Crippen molar-refractivity contribution >= 4 is 29.2 Å². The maximum Gasteiger partial charge on any atom is 0.282 e. The number of unbranched alkanes of at least 4 members (excludes halogenated alkanes) is 3. The number of hydrogen-bond donors (Lipinski definition) is 1. The minimum Gasteiger partial charge on any atom is -0.494 e. The van der Waals surface area contributed by atoms with Gasteiger partial charge in [-0.1, -0.05) is 85.6 Å². The number of rotatable bonds is 12. The summed E-state index contributed by atoms with van der Waals surface area (Å²) in [5, 5.41) is 3.18. The molecule has 1 amide bonds. The zero-order chi connectivity index (χ0) is 26.9. The lowest BCUT2D eigenvalue weighted by molar-refractivity contribution is -0.120. The average Bonchev–Trinajstić information content (AvgIpc) is 3.29. The van der Waals surface area contributed by atoms with Crippen LogP contribution in [0.4, 0.5) is 0 Å². The van der Waals surface area contributed by atoms with Gasteiger partial charge in [0.1, 0.15) is 11.4 Å². The van der Waals surface area contributed by atoms with Gasteiger partial charge >= 0.3 is 0 Å². The van der Waals surface area contributed by atoms with Crippen LogP contribution in [0.1, 0.15) is 42.4 Å². The third-order valence-corrected chi connectivity index (χ3v) is 6.69. The van der Waals surface area contributed by atoms with E-state index >= 15 is 0 Å². The van der Waals surface area contributed by atoms with E-state index in [0.29, 0.717) is 24.6 Å². The lowest BCUT2D eigenvalue weighted by atomic mass is 10.1. The van der Waals surface area contributed by atoms with E-state index in [2.05, 4.69) is 17.4 Å². The molecule has 39 heavy (non-hydrogen) atoms. The summed E-state index contributed by atoms with van der Waals surface area (Å²) in [6.07, 6.45) is 8.77. The molecular weight excluding hydrogens is 484 g/mol. The third kappa shape index (κ3) is 6.78. The number of ether oxygens (including phenoxy) is 1. The fourth-order valence-corrected chi connectivity index (χ4v) is 4.65. The molecule has 0 aromatic heterocycles. The summed E-state index contributed by atoms with van der Waals surface area (Å²) in [6.45, 7) is 1.74. The Labute approximate surface area is 230 Å². The fourth-order valence-electron chi connectivity index (χ4n) is 4.65. The van der Waals surface area contributed by atoms with Crippen molar-refractivity contribution in [3.8, 4) is 5.75 Å². The Kier molecular flexibility index (Phi) is 8.76. The van der Waals surface area contributed by atoms with Crippen molar-refractivity contribution in [2.75, 3.05) is 20.2 Å². The smallest absolute Gasteiger partial charge is 0.282 e. The summed E-state index contributed by atoms with van der Waals surface area (Å²) in [5.74, 6) is 1.22. The monoisotopic (exact) mass is 518 g/mol. The van der Waals surface area contributed by atoms with Crippen LogP contribution in [-0.2, 0) is 11.2 Å². The molecule has 0 spiro atoms. The van der Waals surface area contributed by atoms with Gasteiger partial charge in [-0.15, -0.1) is 0 Å². The number of hydrogen-bond acceptors (Lipinski definition) is 5. The Bertz CT molecular complexity index is 1410. The summed E-state index contributed by atoms with van der Waals surface area (Å²) in [4.78, 5) is 24.9. The molecular formula is C33H34N4O2. The van der Waals surface area contributed by atoms with Crippen LogP contribution in [-0.4, -0.2) is 42.6 Å². The van der Waals surface area contributed by atoms with E-state index in [-0.39, 0.29) is 5.91 Å². The summed E-state index contributed by atoms with van der Waals surface area (Å²) in [5.41, 5.74) is 4.85. The molecule has 3 aromatic carbocycles. The molecule has 0 saturated heterocycles. The number of aliphatic imine (C=N–C) groups is 2. The molecule has 0 atom stereocenters. The van der Waals surface area contributed by atoms with Crippen LogP contribution in [0.2, 0.25) is 0 Å². The van der Waals surface area contributed by atoms with E-state index in [1.165, 1.54) is 12.8 Å². The molecule has 2 aliphatic rings. The van der Waals surface area contributed by atoms with Gasteiger partial charge in [-0.05, 0) is 55.8 Å². The van der Waals surface area contributed by atoms with Crippen molar-refractivity contribution in [3.63, 3.8) is 0 Å². The molecule has 1 N–H and O–H groups in total. The molecule has 6 nitrogen and oxygen atoms in total. The van der Waals surface area contributed by atoms with E-state index in [1.807, 2.05) is 85.9 Å². The molecule has 6 heteroatoms. The SMILES string of the molecule is CNCCCCCCOc1cccc(/C=C2\N=C3C(Cc4ccccc4)=NC(c4ccccc4)=CN3C2=O)c1. The molecule has 0 unspecified atom stereocenters. The maximum atomic E-state index is 13.5. The maximum absolute atomic E-state index is 13.5. The summed E-state index contributed by atoms with van der Waals surface area (Å²) >= 11 is 0. The Balaban J connectivity index is 1.35. The Morgan fingerprint density at radius 3 is 2.44 bits per heavy atom. The van der Waals surface area contributed by atoms with Gasteiger partial charge in [0.05, 0.1) is 18.0 Å². The van der Waals surface area contributed by atoms with Crippen molar-refractivity contribution in [3.05, 3.63) is 114 Å². The van der Waals surface area contributed by atoms with Crippen LogP contribution in [0.5, 0.6) is 5.75 Å². The van der Waals surface area contributed by atoms with Gasteiger partial charge in [-0.25, -0.2) is 9.98 Å². The second kappa shape index (κ2) is 13.0. The van der Waals surface area contributed by atoms with E-state index in [4.69, 9.17) is 14.7 Å². The first kappa shape index (κ1) is 26.3. The number of nitrogens with zero attached hydrogens (tertiary/aromatic N) is 3. The topological polar surface area (TPSA) is 66.3 Å². The van der Waals surface area contributed by atoms with Gasteiger partial charge < -0.3 is 10.1 Å². The second-order valence-corrected chi connectivity index (χ2v) is 9.68. The first-order valence-electron chi connectivity index (χ1n) is 13.6. The quantitative estimate of drug-likeness (QED) is 0.232. The van der Waals surface area contributed by atoms with Crippen LogP contribution in [0.25, 0.3) is 11.8 Å². The van der Waals surface area contributed by atoms with Crippen molar-refractivity contribution in [2.45, 2.75) is 32.1 Å². The number of carbonyl (C=O) groups is 1. The van der Waals surface area contributed by atoms with Crippen molar-refractivity contribution < 1.29 is 9.53 Å². The highest BCUT2D eigenvalue weighted by molar-refractivity contribution is 6.48. The molecule has 2 heterocycles. The summed E-state index contributed by atoms with van der Waals surface area (Å²) in [7, 11) is 1.98. The van der Waals surface area contributed by atoms with E-state index < -0.39 is 0 Å². The minimum atomic E-state index is -0.160. The molecule has 5 rings (SSSR count). The number of nitrogens with one attached hydrogen (secondary N) is 1. The van der Waals surface area contributed by atoms with Crippen LogP contribution < -0.4 is 10.1 Å². The lowest BCUT2D eigenvalue weighted by Gasteiger charge is -2.21. The Hall–Kier alpha value is -4.29. The molecule has 3 aromatic rings. The number of amidine groups is 1. The van der Waals surface area contributed by atoms with Gasteiger partial charge in [0.2, 0.25) is 0 Å². The molecule has 0 bridgehead atoms. The van der Waals surface area contributed by atoms with Crippen LogP contribution in [0.15, 0.2) is 107 Å². The Morgan fingerprint density at radius 1 is 0.872 bits per heavy atom. The molecule has 0 aliphatic carbocycles. The predicted octanol–water partition coefficient (Wildman–Crippen LogP) is 6.12. The first-order valence-corrected chi connectivity index (χ1v) is 13.6. The van der Waals surface area contributed by atoms with Gasteiger partial charge in [-0.2, -0.15) is 0 Å². The lowest BCUT2D eigenvalue weighted by Crippen LogP contribution is -2.36. The Morgan fingerprint density at radius 2 is 1.64 bits per heavy atom. The predicted molar refractivity (Wildman–Crippen MR) is 159 cm³/mol. The van der Waals surface area contributed by atoms with Crippen LogP contribution in [0, 0.1) is 0 Å². The highest BCUT2D eigenvalue weighted by Gasteiger charge is 2.35. The molecule has 0 fully saturated rings. The summed E-state index contributed by atoms with van der Waals surface area (Å²) < 4.78 is 5.98. The normalized spacial score (nSPS) is 15.6. The molecule has 0 radical (unpaired) electrons. The molecule has 2 aliphatic heterocycles. The first-order chi connectivity index (χ1) is 19.2. The fraction of sp³-hybridized carbons (Fsp3) is 0.242. The molecule has 0 saturated carbocycles. The highest BCUT2D eigenvalue weighted by atomic mass is 16.5. The third-order valence-electron chi connectivity index (χ3n) is 6.69. The van der Waals surface area contributed by atoms with Crippen molar-refractivity contribution in [1.29, 1.82) is 0 Å². The van der Waals surface area contributed by atoms with Crippen molar-refractivity contribution in [1.82, 2.24) is 10.2 Å². The molecule has 198 valence electrons. The zero-order valence-corrected chi connectivity index (χ0v) is 22.3.